The van der Waals surface area contributed by atoms with Crippen molar-refractivity contribution in [1.29, 1.82) is 0 Å². The van der Waals surface area contributed by atoms with Crippen LogP contribution in [0, 0.1) is 0 Å². The third kappa shape index (κ3) is 2.40. The number of halogens is 1. The van der Waals surface area contributed by atoms with Gasteiger partial charge in [0.1, 0.15) is 0 Å². The van der Waals surface area contributed by atoms with Crippen LogP contribution in [0.4, 0.5) is 0 Å². The molecule has 0 aliphatic carbocycles. The van der Waals surface area contributed by atoms with Gasteiger partial charge in [-0.2, -0.15) is 0 Å². The largest absolute Gasteiger partial charge is 0.493 e. The minimum absolute atomic E-state index is 0.708. The highest BCUT2D eigenvalue weighted by molar-refractivity contribution is 6.36. The quantitative estimate of drug-likeness (QED) is 0.831. The van der Waals surface area contributed by atoms with Crippen LogP contribution in [0.1, 0.15) is 18.4 Å². The molecule has 2 aromatic rings. The number of benzene rings is 1. The van der Waals surface area contributed by atoms with Gasteiger partial charge in [0.05, 0.1) is 18.4 Å². The van der Waals surface area contributed by atoms with Crippen molar-refractivity contribution in [3.05, 3.63) is 29.0 Å². The van der Waals surface area contributed by atoms with Crippen LogP contribution in [-0.2, 0) is 6.42 Å². The lowest BCUT2D eigenvalue weighted by Gasteiger charge is -2.08. The predicted molar refractivity (Wildman–Crippen MR) is 69.8 cm³/mol. The number of unbranched alkanes of at least 4 members (excludes halogenated alkanes) is 1. The zero-order valence-corrected chi connectivity index (χ0v) is 10.6. The maximum Gasteiger partial charge on any atom is 0.177 e. The van der Waals surface area contributed by atoms with Crippen LogP contribution in [0.25, 0.3) is 11.0 Å². The molecule has 0 amide bonds. The number of rotatable bonds is 5. The number of methoxy groups -OCH3 is 1. The third-order valence-corrected chi connectivity index (χ3v) is 3.28. The molecule has 3 nitrogen and oxygen atoms in total. The number of aryl methyl sites for hydroxylation is 1. The molecule has 0 atom stereocenters. The fraction of sp³-hybridized carbons (Fsp3) is 0.385. The molecule has 1 aromatic heterocycles. The molecule has 1 aromatic carbocycles. The Morgan fingerprint density at radius 1 is 1.41 bits per heavy atom. The number of hydrogen-bond donors (Lipinski definition) is 1. The first-order chi connectivity index (χ1) is 8.27. The van der Waals surface area contributed by atoms with E-state index in [2.05, 4.69) is 0 Å². The molecule has 0 saturated heterocycles. The normalized spacial score (nSPS) is 11.0. The molecule has 0 radical (unpaired) electrons. The van der Waals surface area contributed by atoms with Gasteiger partial charge in [-0.25, -0.2) is 0 Å². The summed E-state index contributed by atoms with van der Waals surface area (Å²) in [6.45, 7) is 0.711. The number of hydrogen-bond acceptors (Lipinski definition) is 3. The van der Waals surface area contributed by atoms with E-state index in [9.17, 15) is 0 Å². The predicted octanol–water partition coefficient (Wildman–Crippen LogP) is 3.38. The summed E-state index contributed by atoms with van der Waals surface area (Å²) in [5.41, 5.74) is 7.29. The van der Waals surface area contributed by atoms with Gasteiger partial charge < -0.3 is 14.9 Å². The molecule has 4 heteroatoms. The first kappa shape index (κ1) is 12.3. The lowest BCUT2D eigenvalue weighted by atomic mass is 10.1. The molecule has 0 unspecified atom stereocenters. The van der Waals surface area contributed by atoms with Crippen LogP contribution in [0.2, 0.25) is 5.02 Å². The SMILES string of the molecule is COc1cc(CCCCN)c(Cl)c2ccoc12. The van der Waals surface area contributed by atoms with Crippen LogP contribution >= 0.6 is 11.6 Å². The van der Waals surface area contributed by atoms with Crippen LogP contribution in [-0.4, -0.2) is 13.7 Å². The smallest absolute Gasteiger partial charge is 0.177 e. The van der Waals surface area contributed by atoms with E-state index in [0.29, 0.717) is 12.1 Å². The van der Waals surface area contributed by atoms with Crippen LogP contribution < -0.4 is 10.5 Å². The van der Waals surface area contributed by atoms with Crippen molar-refractivity contribution >= 4 is 22.6 Å². The van der Waals surface area contributed by atoms with Crippen LogP contribution in [0.15, 0.2) is 22.8 Å². The van der Waals surface area contributed by atoms with Crippen molar-refractivity contribution in [3.63, 3.8) is 0 Å². The summed E-state index contributed by atoms with van der Waals surface area (Å²) >= 11 is 6.34. The van der Waals surface area contributed by atoms with E-state index in [1.165, 1.54) is 0 Å². The molecule has 1 heterocycles. The minimum atomic E-state index is 0.708. The topological polar surface area (TPSA) is 48.4 Å². The minimum Gasteiger partial charge on any atom is -0.493 e. The molecular formula is C13H16ClNO2. The van der Waals surface area contributed by atoms with Crippen molar-refractivity contribution in [1.82, 2.24) is 0 Å². The van der Waals surface area contributed by atoms with Gasteiger partial charge in [-0.1, -0.05) is 11.6 Å². The van der Waals surface area contributed by atoms with Gasteiger partial charge in [-0.3, -0.25) is 0 Å². The maximum absolute atomic E-state index is 6.34. The molecule has 0 fully saturated rings. The van der Waals surface area contributed by atoms with Crippen molar-refractivity contribution in [3.8, 4) is 5.75 Å². The number of nitrogens with two attached hydrogens (primary N) is 1. The van der Waals surface area contributed by atoms with Gasteiger partial charge in [0.2, 0.25) is 0 Å². The van der Waals surface area contributed by atoms with E-state index < -0.39 is 0 Å². The molecule has 0 aliphatic rings. The van der Waals surface area contributed by atoms with Crippen molar-refractivity contribution < 1.29 is 9.15 Å². The Morgan fingerprint density at radius 3 is 2.94 bits per heavy atom. The highest BCUT2D eigenvalue weighted by atomic mass is 35.5. The standard InChI is InChI=1S/C13H16ClNO2/c1-16-11-8-9(4-2-3-6-15)12(14)10-5-7-17-13(10)11/h5,7-8H,2-4,6,15H2,1H3. The molecule has 0 saturated carbocycles. The highest BCUT2D eigenvalue weighted by Gasteiger charge is 2.13. The Bertz CT molecular complexity index is 507. The molecule has 0 aliphatic heterocycles. The summed E-state index contributed by atoms with van der Waals surface area (Å²) in [5, 5.41) is 1.67. The Morgan fingerprint density at radius 2 is 2.24 bits per heavy atom. The Hall–Kier alpha value is -1.19. The molecule has 0 bridgehead atoms. The van der Waals surface area contributed by atoms with E-state index >= 15 is 0 Å². The summed E-state index contributed by atoms with van der Waals surface area (Å²) in [7, 11) is 1.63. The maximum atomic E-state index is 6.34. The summed E-state index contributed by atoms with van der Waals surface area (Å²) in [6.07, 6.45) is 4.57. The third-order valence-electron chi connectivity index (χ3n) is 2.83. The van der Waals surface area contributed by atoms with E-state index in [1.54, 1.807) is 13.4 Å². The molecule has 2 N–H and O–H groups in total. The Labute approximate surface area is 105 Å². The fourth-order valence-corrected chi connectivity index (χ4v) is 2.22. The van der Waals surface area contributed by atoms with Gasteiger partial charge in [0, 0.05) is 5.39 Å². The summed E-state index contributed by atoms with van der Waals surface area (Å²) < 4.78 is 10.7. The van der Waals surface area contributed by atoms with Gasteiger partial charge in [0.15, 0.2) is 11.3 Å². The molecule has 0 spiro atoms. The average molecular weight is 254 g/mol. The van der Waals surface area contributed by atoms with Crippen molar-refractivity contribution in [2.24, 2.45) is 5.73 Å². The number of furan rings is 1. The Balaban J connectivity index is 2.37. The first-order valence-corrected chi connectivity index (χ1v) is 6.08. The second kappa shape index (κ2) is 5.43. The molecule has 17 heavy (non-hydrogen) atoms. The number of fused-ring (bicyclic) bond motifs is 1. The lowest BCUT2D eigenvalue weighted by Crippen LogP contribution is -1.99. The lowest BCUT2D eigenvalue weighted by molar-refractivity contribution is 0.409. The molecule has 92 valence electrons. The summed E-state index contributed by atoms with van der Waals surface area (Å²) in [5.74, 6) is 0.733. The van der Waals surface area contributed by atoms with Crippen molar-refractivity contribution in [2.45, 2.75) is 19.3 Å². The average Bonchev–Trinajstić information content (AvgIpc) is 2.82. The van der Waals surface area contributed by atoms with Crippen LogP contribution in [0.5, 0.6) is 5.75 Å². The van der Waals surface area contributed by atoms with Gasteiger partial charge in [-0.15, -0.1) is 0 Å². The van der Waals surface area contributed by atoms with Gasteiger partial charge in [0.25, 0.3) is 0 Å². The molecule has 2 rings (SSSR count). The summed E-state index contributed by atoms with van der Waals surface area (Å²) in [4.78, 5) is 0. The van der Waals surface area contributed by atoms with E-state index in [0.717, 1.165) is 41.0 Å². The van der Waals surface area contributed by atoms with E-state index in [-0.39, 0.29) is 0 Å². The van der Waals surface area contributed by atoms with Gasteiger partial charge in [-0.05, 0) is 43.5 Å². The number of ether oxygens (including phenoxy) is 1. The highest BCUT2D eigenvalue weighted by Crippen LogP contribution is 2.36. The van der Waals surface area contributed by atoms with E-state index in [1.807, 2.05) is 12.1 Å². The monoisotopic (exact) mass is 253 g/mol. The van der Waals surface area contributed by atoms with E-state index in [4.69, 9.17) is 26.5 Å². The van der Waals surface area contributed by atoms with Crippen LogP contribution in [0.3, 0.4) is 0 Å². The second-order valence-corrected chi connectivity index (χ2v) is 4.34. The summed E-state index contributed by atoms with van der Waals surface area (Å²) in [6, 6.07) is 3.82. The van der Waals surface area contributed by atoms with Crippen molar-refractivity contribution in [2.75, 3.05) is 13.7 Å². The Kier molecular flexibility index (Phi) is 3.92. The first-order valence-electron chi connectivity index (χ1n) is 5.70. The molecular weight excluding hydrogens is 238 g/mol. The van der Waals surface area contributed by atoms with Gasteiger partial charge >= 0.3 is 0 Å². The fourth-order valence-electron chi connectivity index (χ4n) is 1.93. The zero-order chi connectivity index (χ0) is 12.3. The zero-order valence-electron chi connectivity index (χ0n) is 9.83. The second-order valence-electron chi connectivity index (χ2n) is 3.96.